The van der Waals surface area contributed by atoms with Crippen molar-refractivity contribution in [3.8, 4) is 11.5 Å². The van der Waals surface area contributed by atoms with Crippen molar-refractivity contribution in [2.45, 2.75) is 69.6 Å². The number of benzene rings is 2. The molecule has 1 saturated carbocycles. The first kappa shape index (κ1) is 42.5. The fourth-order valence-electron chi connectivity index (χ4n) is 8.52. The van der Waals surface area contributed by atoms with Crippen LogP contribution in [0.3, 0.4) is 0 Å². The summed E-state index contributed by atoms with van der Waals surface area (Å²) in [4.78, 5) is 32.7. The minimum atomic E-state index is -1.50. The van der Waals surface area contributed by atoms with Gasteiger partial charge in [0.15, 0.2) is 0 Å². The average Bonchev–Trinajstić information content (AvgIpc) is 3.20. The maximum Gasteiger partial charge on any atom is 0.269 e. The molecule has 4 N–H and O–H groups in total. The van der Waals surface area contributed by atoms with Crippen molar-refractivity contribution in [3.63, 3.8) is 0 Å². The van der Waals surface area contributed by atoms with Crippen molar-refractivity contribution < 1.29 is 49.2 Å². The normalized spacial score (nSPS) is 24.5. The van der Waals surface area contributed by atoms with E-state index in [0.717, 1.165) is 36.8 Å². The Hall–Kier alpha value is -4.60. The molecule has 6 atom stereocenters. The molecule has 5 rings (SSSR count). The van der Waals surface area contributed by atoms with E-state index in [1.807, 2.05) is 6.92 Å². The maximum atomic E-state index is 14.6. The second kappa shape index (κ2) is 20.5. The van der Waals surface area contributed by atoms with Crippen LogP contribution in [0.15, 0.2) is 78.0 Å². The van der Waals surface area contributed by atoms with E-state index >= 15 is 0 Å². The molecule has 304 valence electrons. The third-order valence-corrected chi connectivity index (χ3v) is 10.9. The van der Waals surface area contributed by atoms with Crippen LogP contribution in [0.25, 0.3) is 6.08 Å². The summed E-state index contributed by atoms with van der Waals surface area (Å²) in [6.45, 7) is 6.35. The van der Waals surface area contributed by atoms with Crippen LogP contribution >= 0.6 is 0 Å². The number of amides is 1. The van der Waals surface area contributed by atoms with E-state index in [-0.39, 0.29) is 81.8 Å². The SMILES string of the molecule is C=CCO[C@@]12Oc3ccc(O)cc3[C@H]3[C@H](CCCCO)[C@@H](CCCCO)C=C(C(=NOCC)C[C@@H]1N(CCOCCO)C(=O)C=Cc1ccc([N+](=O)[O-])cc1)[C@H]32. The standard InChI is InChI=1S/C42H55N3O11/c1-3-23-54-42-38(44(19-24-53-25-22-48)39(50)18-13-29-11-14-31(15-12-29)45(51)52)28-36(43-55-4-2)34-26-30(9-5-7-20-46)33(10-6-8-21-47)40(41(34)42)35-27-32(49)16-17-37(35)56-42/h3,11-18,26-27,30,33,38,40-41,46-49H,1,4-10,19-25,28H2,2H3/t30-,33+,38-,40+,41+,42+/m0/s1. The molecule has 1 aliphatic heterocycles. The number of carbonyl (C=O) groups excluding carboxylic acids is 1. The number of unbranched alkanes of at least 4 members (excludes halogenated alkanes) is 2. The monoisotopic (exact) mass is 777 g/mol. The van der Waals surface area contributed by atoms with Crippen LogP contribution in [0.5, 0.6) is 11.5 Å². The predicted molar refractivity (Wildman–Crippen MR) is 210 cm³/mol. The number of aliphatic hydroxyl groups excluding tert-OH is 3. The number of rotatable bonds is 22. The van der Waals surface area contributed by atoms with E-state index in [4.69, 9.17) is 19.0 Å². The molecule has 0 spiro atoms. The van der Waals surface area contributed by atoms with Gasteiger partial charge in [-0.25, -0.2) is 0 Å². The number of aliphatic hydroxyl groups is 3. The molecule has 1 fully saturated rings. The van der Waals surface area contributed by atoms with Gasteiger partial charge < -0.3 is 44.4 Å². The number of hydrogen-bond acceptors (Lipinski definition) is 12. The Morgan fingerprint density at radius 3 is 2.50 bits per heavy atom. The number of nitrogens with zero attached hydrogens (tertiary/aromatic N) is 3. The number of ether oxygens (including phenoxy) is 3. The number of non-ortho nitro benzene ring substituents is 1. The lowest BCUT2D eigenvalue weighted by Gasteiger charge is -2.60. The zero-order chi connectivity index (χ0) is 40.1. The molecule has 14 heteroatoms. The smallest absolute Gasteiger partial charge is 0.269 e. The summed E-state index contributed by atoms with van der Waals surface area (Å²) in [5.74, 6) is -2.11. The fourth-order valence-corrected chi connectivity index (χ4v) is 8.52. The molecule has 56 heavy (non-hydrogen) atoms. The number of carbonyl (C=O) groups is 1. The summed E-state index contributed by atoms with van der Waals surface area (Å²) < 4.78 is 19.7. The third-order valence-electron chi connectivity index (χ3n) is 10.9. The predicted octanol–water partition coefficient (Wildman–Crippen LogP) is 5.50. The number of nitro groups is 1. The molecule has 0 saturated heterocycles. The second-order valence-corrected chi connectivity index (χ2v) is 14.3. The van der Waals surface area contributed by atoms with Gasteiger partial charge >= 0.3 is 0 Å². The van der Waals surface area contributed by atoms with Gasteiger partial charge in [0.2, 0.25) is 11.7 Å². The van der Waals surface area contributed by atoms with E-state index in [1.165, 1.54) is 18.2 Å². The second-order valence-electron chi connectivity index (χ2n) is 14.3. The van der Waals surface area contributed by atoms with Crippen LogP contribution < -0.4 is 4.74 Å². The lowest BCUT2D eigenvalue weighted by atomic mass is 9.55. The topological polar surface area (TPSA) is 194 Å². The third kappa shape index (κ3) is 9.67. The first-order valence-electron chi connectivity index (χ1n) is 19.5. The zero-order valence-corrected chi connectivity index (χ0v) is 32.0. The minimum absolute atomic E-state index is 0.00341. The Balaban J connectivity index is 1.71. The zero-order valence-electron chi connectivity index (χ0n) is 32.0. The highest BCUT2D eigenvalue weighted by Gasteiger charge is 2.65. The number of phenols is 1. The summed E-state index contributed by atoms with van der Waals surface area (Å²) in [6.07, 6.45) is 11.4. The van der Waals surface area contributed by atoms with Gasteiger partial charge in [-0.05, 0) is 92.0 Å². The summed E-state index contributed by atoms with van der Waals surface area (Å²) in [7, 11) is 0. The van der Waals surface area contributed by atoms with Crippen LogP contribution in [0.4, 0.5) is 5.69 Å². The molecule has 0 radical (unpaired) electrons. The Morgan fingerprint density at radius 1 is 1.07 bits per heavy atom. The lowest BCUT2D eigenvalue weighted by Crippen LogP contribution is -2.70. The number of phenolic OH excluding ortho intramolecular Hbond substituents is 1. The highest BCUT2D eigenvalue weighted by atomic mass is 16.7. The Bertz CT molecular complexity index is 1730. The highest BCUT2D eigenvalue weighted by Crippen LogP contribution is 2.61. The van der Waals surface area contributed by atoms with Crippen LogP contribution in [-0.4, -0.2) is 106 Å². The number of oxime groups is 1. The number of aromatic hydroxyl groups is 1. The molecule has 0 bridgehead atoms. The molecule has 2 aromatic rings. The van der Waals surface area contributed by atoms with Crippen LogP contribution in [-0.2, 0) is 19.1 Å². The molecule has 1 amide bonds. The van der Waals surface area contributed by atoms with Gasteiger partial charge in [-0.15, -0.1) is 6.58 Å². The van der Waals surface area contributed by atoms with Crippen molar-refractivity contribution in [3.05, 3.63) is 94.1 Å². The van der Waals surface area contributed by atoms with E-state index < -0.39 is 28.6 Å². The number of nitro benzene ring substituents is 1. The van der Waals surface area contributed by atoms with Gasteiger partial charge in [0, 0.05) is 55.9 Å². The summed E-state index contributed by atoms with van der Waals surface area (Å²) in [5.41, 5.74) is 2.82. The maximum absolute atomic E-state index is 14.6. The molecule has 2 aliphatic carbocycles. The van der Waals surface area contributed by atoms with Crippen molar-refractivity contribution in [2.75, 3.05) is 52.8 Å². The number of fused-ring (bicyclic) bond motifs is 2. The molecule has 1 heterocycles. The molecule has 0 aromatic heterocycles. The quantitative estimate of drug-likeness (QED) is 0.0388. The lowest BCUT2D eigenvalue weighted by molar-refractivity contribution is -0.384. The molecular weight excluding hydrogens is 722 g/mol. The van der Waals surface area contributed by atoms with Crippen molar-refractivity contribution in [1.82, 2.24) is 4.90 Å². The van der Waals surface area contributed by atoms with Gasteiger partial charge in [0.05, 0.1) is 43.0 Å². The van der Waals surface area contributed by atoms with E-state index in [2.05, 4.69) is 17.8 Å². The highest BCUT2D eigenvalue weighted by molar-refractivity contribution is 6.03. The first-order valence-corrected chi connectivity index (χ1v) is 19.5. The first-order chi connectivity index (χ1) is 27.2. The van der Waals surface area contributed by atoms with Crippen LogP contribution in [0.1, 0.15) is 68.9 Å². The minimum Gasteiger partial charge on any atom is -0.508 e. The molecule has 0 unspecified atom stereocenters. The van der Waals surface area contributed by atoms with E-state index in [1.54, 1.807) is 47.4 Å². The Kier molecular flexibility index (Phi) is 15.6. The van der Waals surface area contributed by atoms with E-state index in [9.17, 15) is 35.3 Å². The average molecular weight is 778 g/mol. The van der Waals surface area contributed by atoms with Crippen molar-refractivity contribution >= 4 is 23.4 Å². The van der Waals surface area contributed by atoms with Gasteiger partial charge in [-0.1, -0.05) is 30.1 Å². The Labute approximate surface area is 327 Å². The van der Waals surface area contributed by atoms with Crippen LogP contribution in [0, 0.1) is 27.9 Å². The number of allylic oxidation sites excluding steroid dienone is 1. The Morgan fingerprint density at radius 2 is 1.82 bits per heavy atom. The molecule has 14 nitrogen and oxygen atoms in total. The van der Waals surface area contributed by atoms with Crippen molar-refractivity contribution in [2.24, 2.45) is 22.9 Å². The number of hydrogen-bond donors (Lipinski definition) is 4. The summed E-state index contributed by atoms with van der Waals surface area (Å²) in [6, 6.07) is 10.1. The van der Waals surface area contributed by atoms with E-state index in [0.29, 0.717) is 36.5 Å². The summed E-state index contributed by atoms with van der Waals surface area (Å²) >= 11 is 0. The fraction of sp³-hybridized carbons (Fsp3) is 0.524. The van der Waals surface area contributed by atoms with Gasteiger partial charge in [0.1, 0.15) is 24.1 Å². The summed E-state index contributed by atoms with van der Waals surface area (Å²) in [5, 5.41) is 55.8. The van der Waals surface area contributed by atoms with Crippen LogP contribution in [0.2, 0.25) is 0 Å². The van der Waals surface area contributed by atoms with Gasteiger partial charge in [0.25, 0.3) is 5.69 Å². The molecular formula is C42H55N3O11. The van der Waals surface area contributed by atoms with Gasteiger partial charge in [-0.2, -0.15) is 0 Å². The van der Waals surface area contributed by atoms with Crippen molar-refractivity contribution in [1.29, 1.82) is 0 Å². The largest absolute Gasteiger partial charge is 0.508 e. The van der Waals surface area contributed by atoms with Gasteiger partial charge in [-0.3, -0.25) is 14.9 Å². The molecule has 3 aliphatic rings. The molecule has 2 aromatic carbocycles.